The van der Waals surface area contributed by atoms with Crippen LogP contribution in [0.15, 0.2) is 29.8 Å². The van der Waals surface area contributed by atoms with E-state index in [2.05, 4.69) is 61.1 Å². The zero-order valence-electron chi connectivity index (χ0n) is 21.0. The van der Waals surface area contributed by atoms with E-state index in [9.17, 15) is 9.59 Å². The Balaban J connectivity index is 0.00000129. The first-order valence-electron chi connectivity index (χ1n) is 11.3. The summed E-state index contributed by atoms with van der Waals surface area (Å²) in [6.45, 7) is 10.8. The highest BCUT2D eigenvalue weighted by Crippen LogP contribution is 2.29. The van der Waals surface area contributed by atoms with Crippen LogP contribution in [0.4, 0.5) is 0 Å². The molecule has 1 fully saturated rings. The van der Waals surface area contributed by atoms with E-state index < -0.39 is 0 Å². The average molecular weight is 477 g/mol. The number of thiazole rings is 1. The minimum Gasteiger partial charge on any atom is -0.400 e. The first-order chi connectivity index (χ1) is 15.7. The molecule has 2 heterocycles. The Bertz CT molecular complexity index is 875. The van der Waals surface area contributed by atoms with Gasteiger partial charge in [0.1, 0.15) is 6.04 Å². The third kappa shape index (κ3) is 8.21. The van der Waals surface area contributed by atoms with E-state index in [4.69, 9.17) is 5.11 Å². The average Bonchev–Trinajstić information content (AvgIpc) is 3.45. The minimum atomic E-state index is -0.355. The summed E-state index contributed by atoms with van der Waals surface area (Å²) in [5.41, 5.74) is 9.50. The molecule has 3 rings (SSSR count). The van der Waals surface area contributed by atoms with Crippen molar-refractivity contribution in [3.8, 4) is 10.4 Å². The Hall–Kier alpha value is -2.29. The van der Waals surface area contributed by atoms with Crippen molar-refractivity contribution < 1.29 is 14.7 Å². The molecule has 33 heavy (non-hydrogen) atoms. The number of nitrogens with one attached hydrogen (secondary N) is 1. The van der Waals surface area contributed by atoms with Gasteiger partial charge in [0.25, 0.3) is 0 Å². The monoisotopic (exact) mass is 476 g/mol. The van der Waals surface area contributed by atoms with Crippen molar-refractivity contribution in [2.24, 2.45) is 11.1 Å². The molecule has 7 nitrogen and oxygen atoms in total. The number of nitrogens with two attached hydrogens (primary N) is 1. The summed E-state index contributed by atoms with van der Waals surface area (Å²) in [4.78, 5) is 32.8. The van der Waals surface area contributed by atoms with Crippen LogP contribution in [0.2, 0.25) is 0 Å². The topological polar surface area (TPSA) is 109 Å². The Labute approximate surface area is 202 Å². The van der Waals surface area contributed by atoms with Gasteiger partial charge in [-0.05, 0) is 50.3 Å². The van der Waals surface area contributed by atoms with E-state index in [1.165, 1.54) is 11.9 Å². The van der Waals surface area contributed by atoms with Gasteiger partial charge in [0, 0.05) is 20.1 Å². The maximum atomic E-state index is 12.9. The van der Waals surface area contributed by atoms with E-state index in [1.807, 2.05) is 19.4 Å². The Morgan fingerprint density at radius 2 is 1.85 bits per heavy atom. The molecule has 8 heteroatoms. The van der Waals surface area contributed by atoms with Gasteiger partial charge in [0.2, 0.25) is 11.8 Å². The van der Waals surface area contributed by atoms with E-state index in [0.29, 0.717) is 13.0 Å². The third-order valence-corrected chi connectivity index (χ3v) is 6.31. The van der Waals surface area contributed by atoms with Gasteiger partial charge in [-0.25, -0.2) is 4.98 Å². The van der Waals surface area contributed by atoms with Gasteiger partial charge in [-0.1, -0.05) is 45.0 Å². The van der Waals surface area contributed by atoms with Crippen molar-refractivity contribution in [3.05, 3.63) is 41.0 Å². The van der Waals surface area contributed by atoms with Gasteiger partial charge >= 0.3 is 0 Å². The predicted molar refractivity (Wildman–Crippen MR) is 136 cm³/mol. The van der Waals surface area contributed by atoms with E-state index in [1.54, 1.807) is 16.2 Å². The molecule has 0 radical (unpaired) electrons. The number of hydrogen-bond acceptors (Lipinski definition) is 6. The smallest absolute Gasteiger partial charge is 0.243 e. The zero-order valence-corrected chi connectivity index (χ0v) is 21.8. The van der Waals surface area contributed by atoms with Crippen LogP contribution >= 0.6 is 11.3 Å². The number of aromatic nitrogens is 1. The maximum absolute atomic E-state index is 12.9. The van der Waals surface area contributed by atoms with E-state index >= 15 is 0 Å². The van der Waals surface area contributed by atoms with Crippen LogP contribution in [0.3, 0.4) is 0 Å². The van der Waals surface area contributed by atoms with Gasteiger partial charge in [-0.3, -0.25) is 9.59 Å². The second-order valence-corrected chi connectivity index (χ2v) is 9.96. The summed E-state index contributed by atoms with van der Waals surface area (Å²) in [6, 6.07) is 7.79. The first-order valence-corrected chi connectivity index (χ1v) is 12.2. The number of carbonyl (C=O) groups is 2. The largest absolute Gasteiger partial charge is 0.400 e. The molecule has 1 aliphatic rings. The Morgan fingerprint density at radius 3 is 2.36 bits per heavy atom. The fraction of sp³-hybridized carbons (Fsp3) is 0.560. The molecule has 1 aliphatic heterocycles. The van der Waals surface area contributed by atoms with Crippen molar-refractivity contribution in [1.82, 2.24) is 15.2 Å². The van der Waals surface area contributed by atoms with Gasteiger partial charge in [0.05, 0.1) is 22.1 Å². The number of aryl methyl sites for hydroxylation is 1. The van der Waals surface area contributed by atoms with Crippen LogP contribution in [0.1, 0.15) is 64.3 Å². The Morgan fingerprint density at radius 1 is 1.24 bits per heavy atom. The highest BCUT2D eigenvalue weighted by molar-refractivity contribution is 7.13. The molecule has 1 saturated heterocycles. The van der Waals surface area contributed by atoms with Crippen molar-refractivity contribution >= 4 is 23.2 Å². The molecule has 2 amide bonds. The Kier molecular flexibility index (Phi) is 11.7. The minimum absolute atomic E-state index is 0.0559. The third-order valence-electron chi connectivity index (χ3n) is 5.33. The number of hydrogen-bond donors (Lipinski definition) is 3. The summed E-state index contributed by atoms with van der Waals surface area (Å²) in [5, 5.41) is 10.1. The van der Waals surface area contributed by atoms with Crippen LogP contribution in [0.5, 0.6) is 0 Å². The van der Waals surface area contributed by atoms with E-state index in [-0.39, 0.29) is 29.3 Å². The van der Waals surface area contributed by atoms with Crippen molar-refractivity contribution in [3.63, 3.8) is 0 Å². The second-order valence-electron chi connectivity index (χ2n) is 9.10. The molecule has 0 aliphatic carbocycles. The van der Waals surface area contributed by atoms with Gasteiger partial charge in [0.15, 0.2) is 0 Å². The predicted octanol–water partition coefficient (Wildman–Crippen LogP) is 3.91. The number of amides is 2. The summed E-state index contributed by atoms with van der Waals surface area (Å²) in [7, 11) is 2.50. The molecule has 2 atom stereocenters. The molecular formula is C25H40N4O3S. The molecular weight excluding hydrogens is 436 g/mol. The molecule has 1 aromatic heterocycles. The van der Waals surface area contributed by atoms with E-state index in [0.717, 1.165) is 36.8 Å². The van der Waals surface area contributed by atoms with Gasteiger partial charge in [-0.15, -0.1) is 11.3 Å². The zero-order chi connectivity index (χ0) is 25.2. The molecule has 4 N–H and O–H groups in total. The fourth-order valence-electron chi connectivity index (χ4n) is 3.79. The highest BCUT2D eigenvalue weighted by atomic mass is 32.1. The van der Waals surface area contributed by atoms with Crippen molar-refractivity contribution in [2.75, 3.05) is 20.7 Å². The van der Waals surface area contributed by atoms with Crippen molar-refractivity contribution in [1.29, 1.82) is 0 Å². The fourth-order valence-corrected chi connectivity index (χ4v) is 4.60. The van der Waals surface area contributed by atoms with Gasteiger partial charge in [-0.2, -0.15) is 0 Å². The van der Waals surface area contributed by atoms with Crippen LogP contribution in [0.25, 0.3) is 10.4 Å². The lowest BCUT2D eigenvalue weighted by molar-refractivity contribution is -0.140. The number of aliphatic hydroxyl groups excluding tert-OH is 1. The molecule has 0 saturated carbocycles. The molecule has 184 valence electrons. The van der Waals surface area contributed by atoms with Crippen LogP contribution in [0, 0.1) is 12.3 Å². The standard InChI is InChI=1S/C23H31N3O2S.CH5N.CH4O/c1-15(17-8-10-18(11-9-17)21-16(2)24-14-29-21)25-22(28)19-7-6-12-26(19)20(27)13-23(3,4)5;2*1-2/h8-11,14-15,19H,6-7,12-13H2,1-5H3,(H,25,28);2H2,1H3;2H,1H3. The van der Waals surface area contributed by atoms with Gasteiger partial charge < -0.3 is 21.1 Å². The lowest BCUT2D eigenvalue weighted by Crippen LogP contribution is -2.47. The molecule has 0 bridgehead atoms. The quantitative estimate of drug-likeness (QED) is 0.606. The first kappa shape index (κ1) is 28.7. The summed E-state index contributed by atoms with van der Waals surface area (Å²) < 4.78 is 0. The SMILES string of the molecule is CN.CO.Cc1ncsc1-c1ccc(C(C)NC(=O)C2CCCN2C(=O)CC(C)(C)C)cc1. The molecule has 2 unspecified atom stereocenters. The maximum Gasteiger partial charge on any atom is 0.243 e. The second kappa shape index (κ2) is 13.4. The number of carbonyl (C=O) groups excluding carboxylic acids is 2. The number of nitrogens with zero attached hydrogens (tertiary/aromatic N) is 2. The number of rotatable bonds is 5. The van der Waals surface area contributed by atoms with Crippen molar-refractivity contribution in [2.45, 2.75) is 66.0 Å². The lowest BCUT2D eigenvalue weighted by Gasteiger charge is -2.28. The highest BCUT2D eigenvalue weighted by Gasteiger charge is 2.35. The molecule has 2 aromatic rings. The summed E-state index contributed by atoms with van der Waals surface area (Å²) in [5.74, 6) is 0.0201. The number of benzene rings is 1. The summed E-state index contributed by atoms with van der Waals surface area (Å²) >= 11 is 1.63. The number of likely N-dealkylation sites (tertiary alicyclic amines) is 1. The summed E-state index contributed by atoms with van der Waals surface area (Å²) in [6.07, 6.45) is 2.08. The van der Waals surface area contributed by atoms with Crippen LogP contribution in [-0.2, 0) is 9.59 Å². The normalized spacial score (nSPS) is 16.2. The molecule has 1 aromatic carbocycles. The lowest BCUT2D eigenvalue weighted by atomic mass is 9.91. The van der Waals surface area contributed by atoms with Crippen LogP contribution < -0.4 is 11.1 Å². The molecule has 0 spiro atoms. The number of aliphatic hydroxyl groups is 1. The van der Waals surface area contributed by atoms with Crippen LogP contribution in [-0.4, -0.2) is 53.5 Å².